The number of hydrogen-bond acceptors (Lipinski definition) is 3. The second kappa shape index (κ2) is 8.70. The lowest BCUT2D eigenvalue weighted by Gasteiger charge is -2.42. The summed E-state index contributed by atoms with van der Waals surface area (Å²) in [6, 6.07) is 7.49. The Morgan fingerprint density at radius 1 is 0.926 bits per heavy atom. The van der Waals surface area contributed by atoms with Crippen molar-refractivity contribution in [2.45, 2.75) is 51.1 Å². The zero-order chi connectivity index (χ0) is 18.6. The van der Waals surface area contributed by atoms with Gasteiger partial charge in [-0.3, -0.25) is 14.6 Å². The Labute approximate surface area is 162 Å². The van der Waals surface area contributed by atoms with Gasteiger partial charge in [-0.15, -0.1) is 0 Å². The smallest absolute Gasteiger partial charge is 0.226 e. The van der Waals surface area contributed by atoms with E-state index in [1.54, 1.807) is 12.1 Å². The van der Waals surface area contributed by atoms with Crippen LogP contribution >= 0.6 is 0 Å². The number of carbonyl (C=O) groups excluding carboxylic acids is 1. The summed E-state index contributed by atoms with van der Waals surface area (Å²) < 4.78 is 13.1. The van der Waals surface area contributed by atoms with E-state index in [2.05, 4.69) is 14.7 Å². The van der Waals surface area contributed by atoms with Crippen LogP contribution in [0, 0.1) is 11.7 Å². The van der Waals surface area contributed by atoms with Crippen molar-refractivity contribution in [1.82, 2.24) is 14.7 Å². The molecule has 3 aliphatic heterocycles. The van der Waals surface area contributed by atoms with Crippen LogP contribution in [0.5, 0.6) is 0 Å². The van der Waals surface area contributed by atoms with Crippen molar-refractivity contribution in [3.8, 4) is 0 Å². The Balaban J connectivity index is 1.26. The highest BCUT2D eigenvalue weighted by atomic mass is 19.1. The van der Waals surface area contributed by atoms with Gasteiger partial charge in [0.25, 0.3) is 0 Å². The van der Waals surface area contributed by atoms with Gasteiger partial charge >= 0.3 is 0 Å². The lowest BCUT2D eigenvalue weighted by molar-refractivity contribution is -0.136. The van der Waals surface area contributed by atoms with Crippen LogP contribution in [0.2, 0.25) is 0 Å². The predicted molar refractivity (Wildman–Crippen MR) is 105 cm³/mol. The van der Waals surface area contributed by atoms with Crippen LogP contribution in [0.25, 0.3) is 0 Å². The highest BCUT2D eigenvalue weighted by molar-refractivity contribution is 5.79. The third kappa shape index (κ3) is 4.69. The molecule has 0 N–H and O–H groups in total. The molecule has 3 heterocycles. The molecular formula is C22H32FN3O. The molecule has 1 atom stereocenters. The molecule has 5 heteroatoms. The average Bonchev–Trinajstić information content (AvgIpc) is 3.25. The largest absolute Gasteiger partial charge is 0.342 e. The van der Waals surface area contributed by atoms with Crippen LogP contribution in [-0.4, -0.2) is 65.9 Å². The van der Waals surface area contributed by atoms with Gasteiger partial charge in [0, 0.05) is 32.2 Å². The summed E-state index contributed by atoms with van der Waals surface area (Å²) >= 11 is 0. The quantitative estimate of drug-likeness (QED) is 0.811. The first kappa shape index (κ1) is 18.9. The molecule has 0 radical (unpaired) electrons. The van der Waals surface area contributed by atoms with E-state index in [9.17, 15) is 9.18 Å². The van der Waals surface area contributed by atoms with Crippen molar-refractivity contribution in [1.29, 1.82) is 0 Å². The maximum absolute atomic E-state index is 13.1. The number of likely N-dealkylation sites (tertiary alicyclic amines) is 3. The Morgan fingerprint density at radius 3 is 2.33 bits per heavy atom. The molecule has 4 nitrogen and oxygen atoms in total. The first-order valence-electron chi connectivity index (χ1n) is 10.7. The van der Waals surface area contributed by atoms with Crippen molar-refractivity contribution in [3.05, 3.63) is 35.6 Å². The lowest BCUT2D eigenvalue weighted by Crippen LogP contribution is -2.51. The maximum atomic E-state index is 13.1. The van der Waals surface area contributed by atoms with E-state index in [1.807, 2.05) is 12.1 Å². The summed E-state index contributed by atoms with van der Waals surface area (Å²) in [5, 5.41) is 0. The number of hydrogen-bond donors (Lipinski definition) is 0. The highest BCUT2D eigenvalue weighted by Crippen LogP contribution is 2.26. The maximum Gasteiger partial charge on any atom is 0.226 e. The zero-order valence-electron chi connectivity index (χ0n) is 16.3. The zero-order valence-corrected chi connectivity index (χ0v) is 16.3. The molecule has 1 amide bonds. The first-order valence-corrected chi connectivity index (χ1v) is 10.7. The van der Waals surface area contributed by atoms with Crippen molar-refractivity contribution >= 4 is 5.91 Å². The van der Waals surface area contributed by atoms with E-state index in [0.717, 1.165) is 58.7 Å². The third-order valence-corrected chi connectivity index (χ3v) is 6.61. The first-order chi connectivity index (χ1) is 13.2. The Morgan fingerprint density at radius 2 is 1.63 bits per heavy atom. The second-order valence-corrected chi connectivity index (χ2v) is 8.50. The van der Waals surface area contributed by atoms with Crippen molar-refractivity contribution < 1.29 is 9.18 Å². The van der Waals surface area contributed by atoms with Crippen molar-refractivity contribution in [3.63, 3.8) is 0 Å². The monoisotopic (exact) mass is 373 g/mol. The number of nitrogens with zero attached hydrogens (tertiary/aromatic N) is 3. The number of piperidine rings is 2. The van der Waals surface area contributed by atoms with E-state index >= 15 is 0 Å². The summed E-state index contributed by atoms with van der Waals surface area (Å²) in [6.07, 6.45) is 6.91. The normalized spacial score (nSPS) is 25.8. The van der Waals surface area contributed by atoms with Gasteiger partial charge in [-0.1, -0.05) is 12.1 Å². The summed E-state index contributed by atoms with van der Waals surface area (Å²) in [4.78, 5) is 19.9. The Bertz CT molecular complexity index is 621. The van der Waals surface area contributed by atoms with Gasteiger partial charge in [0.15, 0.2) is 0 Å². The SMILES string of the molecule is O=C([C@@H]1CCCN(C2CCN(Cc3ccc(F)cc3)CC2)C1)N1CCCC1. The summed E-state index contributed by atoms with van der Waals surface area (Å²) in [7, 11) is 0. The summed E-state index contributed by atoms with van der Waals surface area (Å²) in [5.74, 6) is 0.459. The van der Waals surface area contributed by atoms with Crippen molar-refractivity contribution in [2.75, 3.05) is 39.3 Å². The Kier molecular flexibility index (Phi) is 6.08. The molecule has 27 heavy (non-hydrogen) atoms. The molecule has 0 aliphatic carbocycles. The number of carbonyl (C=O) groups is 1. The van der Waals surface area contributed by atoms with Gasteiger partial charge in [-0.2, -0.15) is 0 Å². The van der Waals surface area contributed by atoms with E-state index in [4.69, 9.17) is 0 Å². The van der Waals surface area contributed by atoms with Crippen LogP contribution in [0.15, 0.2) is 24.3 Å². The topological polar surface area (TPSA) is 26.8 Å². The fourth-order valence-corrected chi connectivity index (χ4v) is 5.03. The van der Waals surface area contributed by atoms with Gasteiger partial charge in [-0.05, 0) is 75.9 Å². The van der Waals surface area contributed by atoms with Gasteiger partial charge < -0.3 is 4.90 Å². The molecule has 0 unspecified atom stereocenters. The fourth-order valence-electron chi connectivity index (χ4n) is 5.03. The minimum atomic E-state index is -0.166. The number of halogens is 1. The predicted octanol–water partition coefficient (Wildman–Crippen LogP) is 3.12. The van der Waals surface area contributed by atoms with Crippen LogP contribution in [0.3, 0.4) is 0 Å². The molecule has 0 bridgehead atoms. The van der Waals surface area contributed by atoms with E-state index in [0.29, 0.717) is 11.9 Å². The van der Waals surface area contributed by atoms with Crippen LogP contribution < -0.4 is 0 Å². The van der Waals surface area contributed by atoms with Gasteiger partial charge in [0.05, 0.1) is 5.92 Å². The minimum absolute atomic E-state index is 0.166. The molecule has 4 rings (SSSR count). The van der Waals surface area contributed by atoms with Crippen LogP contribution in [0.4, 0.5) is 4.39 Å². The second-order valence-electron chi connectivity index (χ2n) is 8.50. The van der Waals surface area contributed by atoms with Gasteiger partial charge in [0.1, 0.15) is 5.82 Å². The molecule has 3 aliphatic rings. The number of rotatable bonds is 4. The molecule has 3 fully saturated rings. The minimum Gasteiger partial charge on any atom is -0.342 e. The van der Waals surface area contributed by atoms with E-state index < -0.39 is 0 Å². The molecule has 0 saturated carbocycles. The Hall–Kier alpha value is -1.46. The van der Waals surface area contributed by atoms with E-state index in [-0.39, 0.29) is 11.7 Å². The molecule has 148 valence electrons. The third-order valence-electron chi connectivity index (χ3n) is 6.61. The standard InChI is InChI=1S/C22H32FN3O/c23-20-7-5-18(6-8-20)16-24-14-9-21(10-15-24)26-13-3-4-19(17-26)22(27)25-11-1-2-12-25/h5-8,19,21H,1-4,9-17H2/t19-/m1/s1. The van der Waals surface area contributed by atoms with Crippen LogP contribution in [0.1, 0.15) is 44.1 Å². The molecule has 3 saturated heterocycles. The molecule has 0 aromatic heterocycles. The van der Waals surface area contributed by atoms with E-state index in [1.165, 1.54) is 31.2 Å². The van der Waals surface area contributed by atoms with Gasteiger partial charge in [0.2, 0.25) is 5.91 Å². The highest BCUT2D eigenvalue weighted by Gasteiger charge is 2.34. The average molecular weight is 374 g/mol. The number of amides is 1. The molecule has 0 spiro atoms. The van der Waals surface area contributed by atoms with Gasteiger partial charge in [-0.25, -0.2) is 4.39 Å². The molecule has 1 aromatic carbocycles. The molecular weight excluding hydrogens is 341 g/mol. The van der Waals surface area contributed by atoms with Crippen LogP contribution in [-0.2, 0) is 11.3 Å². The van der Waals surface area contributed by atoms with Crippen molar-refractivity contribution in [2.24, 2.45) is 5.92 Å². The summed E-state index contributed by atoms with van der Waals surface area (Å²) in [6.45, 7) is 7.12. The molecule has 1 aromatic rings. The summed E-state index contributed by atoms with van der Waals surface area (Å²) in [5.41, 5.74) is 1.18. The fraction of sp³-hybridized carbons (Fsp3) is 0.682. The number of benzene rings is 1. The lowest BCUT2D eigenvalue weighted by atomic mass is 9.93.